The normalized spacial score (nSPS) is 11.3. The van der Waals surface area contributed by atoms with Gasteiger partial charge in [0.15, 0.2) is 0 Å². The zero-order valence-corrected chi connectivity index (χ0v) is 11.3. The van der Waals surface area contributed by atoms with Crippen LogP contribution in [0.15, 0.2) is 41.1 Å². The maximum absolute atomic E-state index is 5.94. The molecule has 5 heteroatoms. The molecule has 0 saturated carbocycles. The van der Waals surface area contributed by atoms with Gasteiger partial charge in [-0.05, 0) is 31.2 Å². The molecule has 3 aromatic heterocycles. The first kappa shape index (κ1) is 12.3. The van der Waals surface area contributed by atoms with Crippen LogP contribution in [0.3, 0.4) is 0 Å². The molecule has 0 radical (unpaired) electrons. The second kappa shape index (κ2) is 5.07. The number of aromatic nitrogens is 2. The second-order valence-corrected chi connectivity index (χ2v) is 4.90. The number of fused-ring (bicyclic) bond motifs is 1. The molecule has 3 heterocycles. The Morgan fingerprint density at radius 2 is 2.11 bits per heavy atom. The molecule has 0 aliphatic carbocycles. The monoisotopic (exact) mass is 275 g/mol. The Morgan fingerprint density at radius 1 is 1.21 bits per heavy atom. The van der Waals surface area contributed by atoms with E-state index in [9.17, 15) is 0 Å². The number of imidazole rings is 1. The lowest BCUT2D eigenvalue weighted by atomic mass is 10.4. The van der Waals surface area contributed by atoms with E-state index in [2.05, 4.69) is 10.3 Å². The van der Waals surface area contributed by atoms with Crippen LogP contribution in [0, 0.1) is 6.92 Å². The minimum absolute atomic E-state index is 0.693. The molecule has 0 spiro atoms. The number of pyridine rings is 1. The lowest BCUT2D eigenvalue weighted by Gasteiger charge is -1.98. The number of nitrogens with one attached hydrogen (secondary N) is 1. The van der Waals surface area contributed by atoms with E-state index in [0.29, 0.717) is 18.1 Å². The predicted molar refractivity (Wildman–Crippen MR) is 74.2 cm³/mol. The molecule has 19 heavy (non-hydrogen) atoms. The van der Waals surface area contributed by atoms with Gasteiger partial charge in [-0.1, -0.05) is 11.6 Å². The minimum Gasteiger partial charge on any atom is -0.465 e. The lowest BCUT2D eigenvalue weighted by molar-refractivity contribution is 0.461. The molecule has 0 amide bonds. The topological polar surface area (TPSA) is 42.5 Å². The average Bonchev–Trinajstić information content (AvgIpc) is 2.95. The number of halogens is 1. The van der Waals surface area contributed by atoms with Crippen molar-refractivity contribution >= 4 is 17.2 Å². The first-order valence-electron chi connectivity index (χ1n) is 6.10. The summed E-state index contributed by atoms with van der Waals surface area (Å²) in [6.07, 6.45) is 3.82. The summed E-state index contributed by atoms with van der Waals surface area (Å²) in [6.45, 7) is 3.33. The quantitative estimate of drug-likeness (QED) is 0.795. The fourth-order valence-electron chi connectivity index (χ4n) is 2.00. The van der Waals surface area contributed by atoms with E-state index in [0.717, 1.165) is 22.9 Å². The highest BCUT2D eigenvalue weighted by Crippen LogP contribution is 2.12. The molecule has 0 aliphatic rings. The van der Waals surface area contributed by atoms with E-state index >= 15 is 0 Å². The van der Waals surface area contributed by atoms with Crippen LogP contribution in [0.1, 0.15) is 17.2 Å². The van der Waals surface area contributed by atoms with E-state index in [-0.39, 0.29) is 0 Å². The van der Waals surface area contributed by atoms with Gasteiger partial charge in [0.2, 0.25) is 0 Å². The van der Waals surface area contributed by atoms with Gasteiger partial charge in [-0.2, -0.15) is 0 Å². The van der Waals surface area contributed by atoms with Crippen molar-refractivity contribution in [3.63, 3.8) is 0 Å². The van der Waals surface area contributed by atoms with Crippen molar-refractivity contribution in [3.8, 4) is 0 Å². The van der Waals surface area contributed by atoms with Gasteiger partial charge in [0.05, 0.1) is 17.3 Å². The van der Waals surface area contributed by atoms with Crippen LogP contribution in [0.25, 0.3) is 5.65 Å². The zero-order chi connectivity index (χ0) is 13.2. The molecule has 4 nitrogen and oxygen atoms in total. The highest BCUT2D eigenvalue weighted by atomic mass is 35.5. The molecule has 0 bridgehead atoms. The van der Waals surface area contributed by atoms with E-state index in [1.165, 1.54) is 0 Å². The molecule has 0 aliphatic heterocycles. The van der Waals surface area contributed by atoms with Crippen molar-refractivity contribution in [2.45, 2.75) is 20.0 Å². The van der Waals surface area contributed by atoms with Gasteiger partial charge in [0, 0.05) is 18.9 Å². The number of furan rings is 1. The Labute approximate surface area is 116 Å². The summed E-state index contributed by atoms with van der Waals surface area (Å²) in [5.41, 5.74) is 1.88. The summed E-state index contributed by atoms with van der Waals surface area (Å²) in [7, 11) is 0. The SMILES string of the molecule is Cc1ccc(CNCc2cn3cc(Cl)ccc3n2)o1. The molecule has 0 unspecified atom stereocenters. The molecule has 0 saturated heterocycles. The van der Waals surface area contributed by atoms with Gasteiger partial charge < -0.3 is 14.1 Å². The first-order chi connectivity index (χ1) is 9.20. The Balaban J connectivity index is 1.65. The number of hydrogen-bond acceptors (Lipinski definition) is 3. The highest BCUT2D eigenvalue weighted by Gasteiger charge is 2.03. The molecule has 0 aromatic carbocycles. The van der Waals surface area contributed by atoms with Crippen LogP contribution in [-0.2, 0) is 13.1 Å². The van der Waals surface area contributed by atoms with Crippen LogP contribution >= 0.6 is 11.6 Å². The molecule has 98 valence electrons. The Morgan fingerprint density at radius 3 is 2.89 bits per heavy atom. The van der Waals surface area contributed by atoms with E-state index in [1.54, 1.807) is 0 Å². The summed E-state index contributed by atoms with van der Waals surface area (Å²) in [6, 6.07) is 7.68. The molecule has 3 rings (SSSR count). The van der Waals surface area contributed by atoms with Crippen LogP contribution in [0.2, 0.25) is 5.02 Å². The second-order valence-electron chi connectivity index (χ2n) is 4.46. The van der Waals surface area contributed by atoms with Crippen LogP contribution in [-0.4, -0.2) is 9.38 Å². The third kappa shape index (κ3) is 2.80. The smallest absolute Gasteiger partial charge is 0.137 e. The fourth-order valence-corrected chi connectivity index (χ4v) is 2.16. The summed E-state index contributed by atoms with van der Waals surface area (Å²) in [5.74, 6) is 1.86. The third-order valence-electron chi connectivity index (χ3n) is 2.87. The molecule has 3 aromatic rings. The molecule has 1 N–H and O–H groups in total. The van der Waals surface area contributed by atoms with Gasteiger partial charge in [-0.3, -0.25) is 0 Å². The van der Waals surface area contributed by atoms with Gasteiger partial charge in [-0.15, -0.1) is 0 Å². The zero-order valence-electron chi connectivity index (χ0n) is 10.6. The third-order valence-corrected chi connectivity index (χ3v) is 3.09. The number of hydrogen-bond donors (Lipinski definition) is 1. The van der Waals surface area contributed by atoms with Crippen molar-refractivity contribution in [2.75, 3.05) is 0 Å². The van der Waals surface area contributed by atoms with E-state index in [1.807, 2.05) is 48.0 Å². The summed E-state index contributed by atoms with van der Waals surface area (Å²) < 4.78 is 7.42. The molecule has 0 fully saturated rings. The van der Waals surface area contributed by atoms with Gasteiger partial charge in [0.25, 0.3) is 0 Å². The van der Waals surface area contributed by atoms with Crippen molar-refractivity contribution in [3.05, 3.63) is 58.9 Å². The van der Waals surface area contributed by atoms with Gasteiger partial charge >= 0.3 is 0 Å². The fraction of sp³-hybridized carbons (Fsp3) is 0.214. The van der Waals surface area contributed by atoms with Crippen molar-refractivity contribution in [1.82, 2.24) is 14.7 Å². The molecular formula is C14H14ClN3O. The summed E-state index contributed by atoms with van der Waals surface area (Å²) in [4.78, 5) is 4.50. The summed E-state index contributed by atoms with van der Waals surface area (Å²) >= 11 is 5.94. The van der Waals surface area contributed by atoms with E-state index < -0.39 is 0 Å². The Kier molecular flexibility index (Phi) is 3.27. The summed E-state index contributed by atoms with van der Waals surface area (Å²) in [5, 5.41) is 4.01. The number of rotatable bonds is 4. The number of nitrogens with zero attached hydrogens (tertiary/aromatic N) is 2. The lowest BCUT2D eigenvalue weighted by Crippen LogP contribution is -2.12. The van der Waals surface area contributed by atoms with Gasteiger partial charge in [0.1, 0.15) is 17.2 Å². The largest absolute Gasteiger partial charge is 0.465 e. The van der Waals surface area contributed by atoms with Crippen molar-refractivity contribution in [1.29, 1.82) is 0 Å². The van der Waals surface area contributed by atoms with Crippen LogP contribution in [0.5, 0.6) is 0 Å². The maximum atomic E-state index is 5.94. The molecular weight excluding hydrogens is 262 g/mol. The van der Waals surface area contributed by atoms with Gasteiger partial charge in [-0.25, -0.2) is 4.98 Å². The van der Waals surface area contributed by atoms with Crippen LogP contribution < -0.4 is 5.32 Å². The number of aryl methyl sites for hydroxylation is 1. The highest BCUT2D eigenvalue weighted by molar-refractivity contribution is 6.30. The van der Waals surface area contributed by atoms with Crippen molar-refractivity contribution in [2.24, 2.45) is 0 Å². The predicted octanol–water partition coefficient (Wildman–Crippen LogP) is 3.18. The van der Waals surface area contributed by atoms with Crippen molar-refractivity contribution < 1.29 is 4.42 Å². The van der Waals surface area contributed by atoms with Crippen LogP contribution in [0.4, 0.5) is 0 Å². The maximum Gasteiger partial charge on any atom is 0.137 e. The minimum atomic E-state index is 0.693. The first-order valence-corrected chi connectivity index (χ1v) is 6.48. The molecule has 0 atom stereocenters. The standard InChI is InChI=1S/C14H14ClN3O/c1-10-2-4-13(19-10)7-16-6-12-9-18-8-11(15)3-5-14(18)17-12/h2-5,8-9,16H,6-7H2,1H3. The average molecular weight is 276 g/mol. The Hall–Kier alpha value is -1.78. The van der Waals surface area contributed by atoms with E-state index in [4.69, 9.17) is 16.0 Å². The Bertz CT molecular complexity index is 702.